The molecule has 0 radical (unpaired) electrons. The number of carbonyl (C=O) groups excluding carboxylic acids is 2. The summed E-state index contributed by atoms with van der Waals surface area (Å²) in [4.78, 5) is 37.4. The zero-order valence-corrected chi connectivity index (χ0v) is 16.3. The topological polar surface area (TPSA) is 79.5 Å². The molecule has 8 heteroatoms. The summed E-state index contributed by atoms with van der Waals surface area (Å²) in [5.41, 5.74) is 0.884. The number of aromatic nitrogens is 2. The summed E-state index contributed by atoms with van der Waals surface area (Å²) < 4.78 is 5.17. The number of fused-ring (bicyclic) bond motifs is 1. The van der Waals surface area contributed by atoms with E-state index in [4.69, 9.17) is 4.42 Å². The summed E-state index contributed by atoms with van der Waals surface area (Å²) in [6, 6.07) is 11.2. The number of thioether (sulfide) groups is 1. The average molecular weight is 396 g/mol. The van der Waals surface area contributed by atoms with Crippen LogP contribution in [0.2, 0.25) is 0 Å². The number of hydrogen-bond donors (Lipinski definition) is 0. The average Bonchev–Trinajstić information content (AvgIpc) is 3.26. The summed E-state index contributed by atoms with van der Waals surface area (Å²) in [5, 5.41) is 1.78. The van der Waals surface area contributed by atoms with E-state index in [1.165, 1.54) is 18.0 Å². The first-order valence-corrected chi connectivity index (χ1v) is 10.1. The van der Waals surface area contributed by atoms with E-state index in [0.717, 1.165) is 15.9 Å². The summed E-state index contributed by atoms with van der Waals surface area (Å²) in [5.74, 6) is 1.26. The molecule has 3 aromatic rings. The van der Waals surface area contributed by atoms with Crippen molar-refractivity contribution in [2.75, 3.05) is 31.9 Å². The zero-order chi connectivity index (χ0) is 19.5. The van der Waals surface area contributed by atoms with Crippen LogP contribution in [0.5, 0.6) is 0 Å². The maximum Gasteiger partial charge on any atom is 0.289 e. The van der Waals surface area contributed by atoms with E-state index in [9.17, 15) is 9.59 Å². The molecule has 1 fully saturated rings. The van der Waals surface area contributed by atoms with Crippen LogP contribution in [-0.2, 0) is 4.79 Å². The van der Waals surface area contributed by atoms with Crippen molar-refractivity contribution in [1.82, 2.24) is 19.8 Å². The van der Waals surface area contributed by atoms with Crippen LogP contribution in [0, 0.1) is 6.92 Å². The van der Waals surface area contributed by atoms with Crippen molar-refractivity contribution in [3.05, 3.63) is 54.2 Å². The molecular formula is C20H20N4O3S. The van der Waals surface area contributed by atoms with Crippen LogP contribution in [0.25, 0.3) is 10.9 Å². The van der Waals surface area contributed by atoms with Crippen LogP contribution in [-0.4, -0.2) is 63.5 Å². The van der Waals surface area contributed by atoms with E-state index in [-0.39, 0.29) is 11.8 Å². The second-order valence-electron chi connectivity index (χ2n) is 6.53. The lowest BCUT2D eigenvalue weighted by Crippen LogP contribution is -2.51. The quantitative estimate of drug-likeness (QED) is 0.498. The van der Waals surface area contributed by atoms with Crippen LogP contribution in [0.3, 0.4) is 0 Å². The van der Waals surface area contributed by atoms with Gasteiger partial charge in [-0.3, -0.25) is 9.59 Å². The Morgan fingerprint density at radius 1 is 1.04 bits per heavy atom. The van der Waals surface area contributed by atoms with Gasteiger partial charge in [0.15, 0.2) is 5.76 Å². The number of furan rings is 1. The zero-order valence-electron chi connectivity index (χ0n) is 15.5. The monoisotopic (exact) mass is 396 g/mol. The second kappa shape index (κ2) is 8.02. The van der Waals surface area contributed by atoms with Crippen LogP contribution < -0.4 is 0 Å². The first kappa shape index (κ1) is 18.5. The second-order valence-corrected chi connectivity index (χ2v) is 7.50. The van der Waals surface area contributed by atoms with Gasteiger partial charge in [-0.1, -0.05) is 30.0 Å². The number of benzene rings is 1. The van der Waals surface area contributed by atoms with E-state index in [1.807, 2.05) is 31.2 Å². The third-order valence-corrected chi connectivity index (χ3v) is 5.64. The molecule has 144 valence electrons. The summed E-state index contributed by atoms with van der Waals surface area (Å²) in [6.07, 6.45) is 1.49. The highest BCUT2D eigenvalue weighted by atomic mass is 32.2. The highest BCUT2D eigenvalue weighted by molar-refractivity contribution is 8.00. The molecule has 1 aliphatic heterocycles. The first-order chi connectivity index (χ1) is 13.6. The number of rotatable bonds is 4. The van der Waals surface area contributed by atoms with E-state index in [2.05, 4.69) is 9.97 Å². The number of piperazine rings is 1. The molecule has 3 heterocycles. The number of amides is 2. The molecule has 2 amide bonds. The van der Waals surface area contributed by atoms with Gasteiger partial charge in [-0.2, -0.15) is 0 Å². The van der Waals surface area contributed by atoms with E-state index in [0.29, 0.717) is 43.5 Å². The summed E-state index contributed by atoms with van der Waals surface area (Å²) >= 11 is 1.43. The van der Waals surface area contributed by atoms with E-state index < -0.39 is 0 Å². The number of carbonyl (C=O) groups is 2. The van der Waals surface area contributed by atoms with Crippen LogP contribution >= 0.6 is 11.8 Å². The standard InChI is InChI=1S/C20H20N4O3S/c1-14-21-16-6-3-2-5-15(16)19(22-14)28-13-18(25)23-8-10-24(11-9-23)20(26)17-7-4-12-27-17/h2-7,12H,8-11,13H2,1H3. The Morgan fingerprint density at radius 2 is 1.79 bits per heavy atom. The summed E-state index contributed by atoms with van der Waals surface area (Å²) in [6.45, 7) is 3.91. The third kappa shape index (κ3) is 3.87. The first-order valence-electron chi connectivity index (χ1n) is 9.08. The Hall–Kier alpha value is -2.87. The van der Waals surface area contributed by atoms with Gasteiger partial charge in [-0.25, -0.2) is 9.97 Å². The lowest BCUT2D eigenvalue weighted by molar-refractivity contribution is -0.129. The molecule has 0 bridgehead atoms. The fourth-order valence-corrected chi connectivity index (χ4v) is 4.17. The van der Waals surface area contributed by atoms with Gasteiger partial charge in [0, 0.05) is 31.6 Å². The molecule has 1 saturated heterocycles. The lowest BCUT2D eigenvalue weighted by Gasteiger charge is -2.34. The SMILES string of the molecule is Cc1nc(SCC(=O)N2CCN(C(=O)c3ccco3)CC2)c2ccccc2n1. The van der Waals surface area contributed by atoms with E-state index in [1.54, 1.807) is 21.9 Å². The molecule has 7 nitrogen and oxygen atoms in total. The third-order valence-electron chi connectivity index (χ3n) is 4.66. The van der Waals surface area contributed by atoms with Crippen molar-refractivity contribution >= 4 is 34.5 Å². The van der Waals surface area contributed by atoms with Crippen LogP contribution in [0.15, 0.2) is 52.1 Å². The van der Waals surface area contributed by atoms with Crippen molar-refractivity contribution in [3.8, 4) is 0 Å². The van der Waals surface area contributed by atoms with Crippen molar-refractivity contribution in [2.24, 2.45) is 0 Å². The highest BCUT2D eigenvalue weighted by Crippen LogP contribution is 2.25. The molecule has 0 atom stereocenters. The smallest absolute Gasteiger partial charge is 0.289 e. The number of nitrogens with zero attached hydrogens (tertiary/aromatic N) is 4. The maximum absolute atomic E-state index is 12.6. The fraction of sp³-hybridized carbons (Fsp3) is 0.300. The Balaban J connectivity index is 1.35. The van der Waals surface area contributed by atoms with Crippen LogP contribution in [0.1, 0.15) is 16.4 Å². The highest BCUT2D eigenvalue weighted by Gasteiger charge is 2.26. The minimum absolute atomic E-state index is 0.0513. The molecular weight excluding hydrogens is 376 g/mol. The molecule has 0 spiro atoms. The van der Waals surface area contributed by atoms with E-state index >= 15 is 0 Å². The molecule has 2 aromatic heterocycles. The van der Waals surface area contributed by atoms with Gasteiger partial charge in [-0.05, 0) is 25.1 Å². The summed E-state index contributed by atoms with van der Waals surface area (Å²) in [7, 11) is 0. The van der Waals surface area contributed by atoms with Gasteiger partial charge in [0.25, 0.3) is 5.91 Å². The van der Waals surface area contributed by atoms with Crippen molar-refractivity contribution in [3.63, 3.8) is 0 Å². The van der Waals surface area contributed by atoms with Crippen molar-refractivity contribution in [1.29, 1.82) is 0 Å². The number of hydrogen-bond acceptors (Lipinski definition) is 6. The molecule has 1 aromatic carbocycles. The van der Waals surface area contributed by atoms with Gasteiger partial charge in [0.05, 0.1) is 17.5 Å². The number of aryl methyl sites for hydroxylation is 1. The predicted octanol–water partition coefficient (Wildman–Crippen LogP) is 2.61. The largest absolute Gasteiger partial charge is 0.459 e. The minimum Gasteiger partial charge on any atom is -0.459 e. The van der Waals surface area contributed by atoms with Gasteiger partial charge in [0.2, 0.25) is 5.91 Å². The molecule has 0 unspecified atom stereocenters. The molecule has 4 rings (SSSR count). The fourth-order valence-electron chi connectivity index (χ4n) is 3.20. The lowest BCUT2D eigenvalue weighted by atomic mass is 10.2. The minimum atomic E-state index is -0.130. The molecule has 0 aliphatic carbocycles. The number of para-hydroxylation sites is 1. The molecule has 28 heavy (non-hydrogen) atoms. The predicted molar refractivity (Wildman–Crippen MR) is 106 cm³/mol. The molecule has 1 aliphatic rings. The molecule has 0 saturated carbocycles. The van der Waals surface area contributed by atoms with Gasteiger partial charge >= 0.3 is 0 Å². The van der Waals surface area contributed by atoms with Gasteiger partial charge in [0.1, 0.15) is 10.9 Å². The van der Waals surface area contributed by atoms with Crippen molar-refractivity contribution < 1.29 is 14.0 Å². The Morgan fingerprint density at radius 3 is 2.54 bits per heavy atom. The maximum atomic E-state index is 12.6. The molecule has 0 N–H and O–H groups in total. The Labute approximate surface area is 166 Å². The van der Waals surface area contributed by atoms with Crippen molar-refractivity contribution in [2.45, 2.75) is 11.9 Å². The normalized spacial score (nSPS) is 14.5. The Kier molecular flexibility index (Phi) is 5.29. The van der Waals surface area contributed by atoms with Gasteiger partial charge < -0.3 is 14.2 Å². The van der Waals surface area contributed by atoms with Gasteiger partial charge in [-0.15, -0.1) is 0 Å². The van der Waals surface area contributed by atoms with Crippen LogP contribution in [0.4, 0.5) is 0 Å². The Bertz CT molecular complexity index is 998.